The maximum atomic E-state index is 12.3. The van der Waals surface area contributed by atoms with E-state index in [1.54, 1.807) is 24.3 Å². The summed E-state index contributed by atoms with van der Waals surface area (Å²) >= 11 is 5.89. The van der Waals surface area contributed by atoms with Gasteiger partial charge in [0, 0.05) is 30.1 Å². The Morgan fingerprint density at radius 3 is 2.48 bits per heavy atom. The van der Waals surface area contributed by atoms with E-state index in [1.165, 1.54) is 0 Å². The topological polar surface area (TPSA) is 56.2 Å². The lowest BCUT2D eigenvalue weighted by Gasteiger charge is -2.11. The molecule has 1 amide bonds. The minimum atomic E-state index is -0.0846. The predicted molar refractivity (Wildman–Crippen MR) is 133 cm³/mol. The van der Waals surface area contributed by atoms with Crippen LogP contribution in [0.5, 0.6) is 5.75 Å². The van der Waals surface area contributed by atoms with Crippen LogP contribution in [-0.2, 0) is 13.0 Å². The van der Waals surface area contributed by atoms with Crippen molar-refractivity contribution in [2.75, 3.05) is 13.2 Å². The molecule has 3 aromatic carbocycles. The van der Waals surface area contributed by atoms with Crippen molar-refractivity contribution in [3.05, 3.63) is 95.3 Å². The summed E-state index contributed by atoms with van der Waals surface area (Å²) in [5, 5.41) is 3.60. The van der Waals surface area contributed by atoms with Crippen molar-refractivity contribution in [1.29, 1.82) is 0 Å². The number of benzene rings is 3. The van der Waals surface area contributed by atoms with Gasteiger partial charge >= 0.3 is 0 Å². The van der Waals surface area contributed by atoms with Gasteiger partial charge in [-0.05, 0) is 67.8 Å². The molecule has 0 unspecified atom stereocenters. The van der Waals surface area contributed by atoms with Crippen molar-refractivity contribution in [2.24, 2.45) is 0 Å². The van der Waals surface area contributed by atoms with Crippen molar-refractivity contribution in [3.63, 3.8) is 0 Å². The number of aryl methyl sites for hydroxylation is 2. The first-order valence-electron chi connectivity index (χ1n) is 11.4. The fourth-order valence-electron chi connectivity index (χ4n) is 3.80. The maximum absolute atomic E-state index is 12.3. The molecule has 0 saturated heterocycles. The molecule has 4 rings (SSSR count). The van der Waals surface area contributed by atoms with Crippen LogP contribution in [0.15, 0.2) is 78.9 Å². The van der Waals surface area contributed by atoms with E-state index in [2.05, 4.69) is 28.1 Å². The largest absolute Gasteiger partial charge is 0.494 e. The van der Waals surface area contributed by atoms with Gasteiger partial charge in [0.25, 0.3) is 5.91 Å². The lowest BCUT2D eigenvalue weighted by molar-refractivity contribution is 0.0953. The summed E-state index contributed by atoms with van der Waals surface area (Å²) in [6.45, 7) is 2.18. The molecule has 0 spiro atoms. The first-order chi connectivity index (χ1) is 16.2. The molecule has 0 radical (unpaired) electrons. The molecule has 0 aliphatic heterocycles. The fourth-order valence-corrected chi connectivity index (χ4v) is 3.92. The van der Waals surface area contributed by atoms with Crippen molar-refractivity contribution in [1.82, 2.24) is 14.9 Å². The van der Waals surface area contributed by atoms with Gasteiger partial charge in [-0.2, -0.15) is 0 Å². The quantitative estimate of drug-likeness (QED) is 0.282. The number of nitrogens with zero attached hydrogens (tertiary/aromatic N) is 2. The van der Waals surface area contributed by atoms with Crippen LogP contribution in [0.4, 0.5) is 0 Å². The monoisotopic (exact) mass is 461 g/mol. The Bertz CT molecular complexity index is 1170. The van der Waals surface area contributed by atoms with Crippen LogP contribution in [0.1, 0.15) is 35.4 Å². The molecule has 0 aliphatic carbocycles. The second kappa shape index (κ2) is 11.5. The number of para-hydroxylation sites is 3. The number of amides is 1. The Kier molecular flexibility index (Phi) is 7.99. The fraction of sp³-hybridized carbons (Fsp3) is 0.259. The van der Waals surface area contributed by atoms with Crippen molar-refractivity contribution < 1.29 is 9.53 Å². The molecule has 1 N–H and O–H groups in total. The third kappa shape index (κ3) is 6.36. The Labute approximate surface area is 199 Å². The van der Waals surface area contributed by atoms with Gasteiger partial charge in [-0.3, -0.25) is 4.79 Å². The zero-order valence-corrected chi connectivity index (χ0v) is 19.3. The van der Waals surface area contributed by atoms with E-state index in [4.69, 9.17) is 21.3 Å². The molecular formula is C27H28ClN3O2. The van der Waals surface area contributed by atoms with E-state index in [-0.39, 0.29) is 5.91 Å². The number of rotatable bonds is 11. The highest BCUT2D eigenvalue weighted by Crippen LogP contribution is 2.18. The summed E-state index contributed by atoms with van der Waals surface area (Å²) in [5.74, 6) is 1.88. The molecule has 0 fully saturated rings. The molecule has 1 heterocycles. The van der Waals surface area contributed by atoms with Gasteiger partial charge in [0.1, 0.15) is 11.6 Å². The molecule has 6 heteroatoms. The average Bonchev–Trinajstić information content (AvgIpc) is 3.20. The number of halogens is 1. The van der Waals surface area contributed by atoms with Gasteiger partial charge in [-0.25, -0.2) is 4.98 Å². The third-order valence-electron chi connectivity index (χ3n) is 5.49. The maximum Gasteiger partial charge on any atom is 0.251 e. The molecule has 0 atom stereocenters. The predicted octanol–water partition coefficient (Wildman–Crippen LogP) is 5.91. The van der Waals surface area contributed by atoms with Gasteiger partial charge < -0.3 is 14.6 Å². The average molecular weight is 462 g/mol. The van der Waals surface area contributed by atoms with E-state index in [0.717, 1.165) is 54.8 Å². The number of nitrogens with one attached hydrogen (secondary N) is 1. The normalized spacial score (nSPS) is 10.9. The lowest BCUT2D eigenvalue weighted by Crippen LogP contribution is -2.25. The second-order valence-electron chi connectivity index (χ2n) is 7.90. The summed E-state index contributed by atoms with van der Waals surface area (Å²) in [6.07, 6.45) is 3.60. The number of ether oxygens (including phenoxy) is 1. The van der Waals surface area contributed by atoms with Crippen molar-refractivity contribution in [3.8, 4) is 5.75 Å². The Morgan fingerprint density at radius 1 is 0.909 bits per heavy atom. The van der Waals surface area contributed by atoms with Gasteiger partial charge in [-0.15, -0.1) is 0 Å². The number of aromatic nitrogens is 2. The second-order valence-corrected chi connectivity index (χ2v) is 8.34. The van der Waals surface area contributed by atoms with E-state index in [0.29, 0.717) is 23.7 Å². The molecule has 0 aliphatic rings. The third-order valence-corrected chi connectivity index (χ3v) is 5.74. The van der Waals surface area contributed by atoms with Crippen molar-refractivity contribution in [2.45, 2.75) is 32.2 Å². The zero-order chi connectivity index (χ0) is 22.9. The van der Waals surface area contributed by atoms with Gasteiger partial charge in [0.2, 0.25) is 0 Å². The molecule has 33 heavy (non-hydrogen) atoms. The number of unbranched alkanes of at least 4 members (excludes halogenated alkanes) is 1. The van der Waals surface area contributed by atoms with Gasteiger partial charge in [-0.1, -0.05) is 41.9 Å². The number of carbonyl (C=O) groups excluding carboxylic acids is 1. The zero-order valence-electron chi connectivity index (χ0n) is 18.5. The summed E-state index contributed by atoms with van der Waals surface area (Å²) in [6, 6.07) is 25.1. The highest BCUT2D eigenvalue weighted by Gasteiger charge is 2.11. The molecule has 4 aromatic rings. The number of imidazole rings is 1. The van der Waals surface area contributed by atoms with Gasteiger partial charge in [0.15, 0.2) is 0 Å². The molecule has 5 nitrogen and oxygen atoms in total. The molecule has 0 bridgehead atoms. The van der Waals surface area contributed by atoms with Crippen LogP contribution in [0.2, 0.25) is 5.02 Å². The number of hydrogen-bond donors (Lipinski definition) is 1. The van der Waals surface area contributed by atoms with Gasteiger partial charge in [0.05, 0.1) is 17.6 Å². The lowest BCUT2D eigenvalue weighted by atomic mass is 10.2. The van der Waals surface area contributed by atoms with Crippen LogP contribution < -0.4 is 10.1 Å². The molecule has 1 aromatic heterocycles. The van der Waals surface area contributed by atoms with Crippen LogP contribution in [-0.4, -0.2) is 28.6 Å². The molecule has 170 valence electrons. The number of fused-ring (bicyclic) bond motifs is 1. The van der Waals surface area contributed by atoms with E-state index in [1.807, 2.05) is 36.4 Å². The van der Waals surface area contributed by atoms with E-state index in [9.17, 15) is 4.79 Å². The first-order valence-corrected chi connectivity index (χ1v) is 11.7. The van der Waals surface area contributed by atoms with Crippen LogP contribution in [0, 0.1) is 0 Å². The van der Waals surface area contributed by atoms with E-state index >= 15 is 0 Å². The Hall–Kier alpha value is -3.31. The highest BCUT2D eigenvalue weighted by atomic mass is 35.5. The summed E-state index contributed by atoms with van der Waals surface area (Å²) < 4.78 is 8.12. The van der Waals surface area contributed by atoms with Crippen LogP contribution in [0.3, 0.4) is 0 Å². The molecular weight excluding hydrogens is 434 g/mol. The minimum absolute atomic E-state index is 0.0846. The highest BCUT2D eigenvalue weighted by molar-refractivity contribution is 6.30. The standard InChI is InChI=1S/C27H28ClN3O2/c28-22-16-14-21(15-17-22)27(32)29-18-8-13-26-30-24-11-4-5-12-25(24)31(26)19-6-7-20-33-23-9-2-1-3-10-23/h1-5,9-12,14-17H,6-8,13,18-20H2,(H,29,32). The van der Waals surface area contributed by atoms with Crippen LogP contribution in [0.25, 0.3) is 11.0 Å². The number of carbonyl (C=O) groups is 1. The SMILES string of the molecule is O=C(NCCCc1nc2ccccc2n1CCCCOc1ccccc1)c1ccc(Cl)cc1. The summed E-state index contributed by atoms with van der Waals surface area (Å²) in [5.41, 5.74) is 2.78. The van der Waals surface area contributed by atoms with Crippen molar-refractivity contribution >= 4 is 28.5 Å². The minimum Gasteiger partial charge on any atom is -0.494 e. The summed E-state index contributed by atoms with van der Waals surface area (Å²) in [7, 11) is 0. The Balaban J connectivity index is 1.29. The van der Waals surface area contributed by atoms with Crippen LogP contribution >= 0.6 is 11.6 Å². The number of hydrogen-bond acceptors (Lipinski definition) is 3. The summed E-state index contributed by atoms with van der Waals surface area (Å²) in [4.78, 5) is 17.1. The smallest absolute Gasteiger partial charge is 0.251 e. The molecule has 0 saturated carbocycles. The Morgan fingerprint density at radius 2 is 1.67 bits per heavy atom. The first kappa shape index (κ1) is 22.9. The van der Waals surface area contributed by atoms with E-state index < -0.39 is 0 Å².